The van der Waals surface area contributed by atoms with Gasteiger partial charge in [-0.05, 0) is 60.5 Å². The Morgan fingerprint density at radius 2 is 1.69 bits per heavy atom. The third-order valence-corrected chi connectivity index (χ3v) is 6.54. The van der Waals surface area contributed by atoms with Gasteiger partial charge in [-0.25, -0.2) is 9.98 Å². The number of hydrogen-bond donors (Lipinski definition) is 3. The van der Waals surface area contributed by atoms with Crippen molar-refractivity contribution in [1.29, 1.82) is 5.41 Å². The largest absolute Gasteiger partial charge is 0.499 e. The van der Waals surface area contributed by atoms with Crippen LogP contribution in [0, 0.1) is 12.3 Å². The Bertz CT molecular complexity index is 1580. The lowest BCUT2D eigenvalue weighted by Gasteiger charge is -2.20. The van der Waals surface area contributed by atoms with Crippen molar-refractivity contribution < 1.29 is 41.3 Å². The molecule has 16 heteroatoms. The highest BCUT2D eigenvalue weighted by molar-refractivity contribution is 8.14. The molecule has 0 aliphatic rings. The van der Waals surface area contributed by atoms with Crippen LogP contribution in [0.15, 0.2) is 81.8 Å². The molecule has 10 nitrogen and oxygen atoms in total. The molecule has 0 atom stereocenters. The van der Waals surface area contributed by atoms with E-state index >= 15 is 0 Å². The second kappa shape index (κ2) is 15.1. The highest BCUT2D eigenvalue weighted by Crippen LogP contribution is 2.37. The van der Waals surface area contributed by atoms with Crippen LogP contribution in [0.1, 0.15) is 16.7 Å². The molecule has 0 aromatic heterocycles. The number of nitrogens with zero attached hydrogens (tertiary/aromatic N) is 4. The lowest BCUT2D eigenvalue weighted by molar-refractivity contribution is -0.360. The van der Waals surface area contributed by atoms with Gasteiger partial charge in [-0.2, -0.15) is 27.1 Å². The number of nitrogens with one attached hydrogen (secondary N) is 2. The molecule has 45 heavy (non-hydrogen) atoms. The molecule has 0 radical (unpaired) electrons. The van der Waals surface area contributed by atoms with Gasteiger partial charge < -0.3 is 19.5 Å². The number of ether oxygens (including phenoxy) is 2. The first-order chi connectivity index (χ1) is 21.2. The van der Waals surface area contributed by atoms with E-state index in [1.54, 1.807) is 56.6 Å². The van der Waals surface area contributed by atoms with Gasteiger partial charge in [-0.3, -0.25) is 15.6 Å². The number of hydrazone groups is 1. The van der Waals surface area contributed by atoms with E-state index in [0.717, 1.165) is 29.5 Å². The SMILES string of the molecule is COc1ccc(N=C(N/N=C\c2ccc(C(=N)N=CN(C)c3ccc(OC(F)(F)C(F)(F)F)cc3)cc2)SCC(=O)O)c(C)c1. The molecule has 3 aromatic carbocycles. The van der Waals surface area contributed by atoms with Crippen LogP contribution < -0.4 is 19.8 Å². The Morgan fingerprint density at radius 1 is 1.04 bits per heavy atom. The van der Waals surface area contributed by atoms with Crippen molar-refractivity contribution in [1.82, 2.24) is 5.43 Å². The van der Waals surface area contributed by atoms with Crippen molar-refractivity contribution in [3.63, 3.8) is 0 Å². The topological polar surface area (TPSA) is 132 Å². The van der Waals surface area contributed by atoms with Crippen LogP contribution in [0.4, 0.5) is 33.3 Å². The molecule has 0 unspecified atom stereocenters. The van der Waals surface area contributed by atoms with Gasteiger partial charge >= 0.3 is 18.3 Å². The fraction of sp³-hybridized carbons (Fsp3) is 0.207. The van der Waals surface area contributed by atoms with E-state index in [0.29, 0.717) is 28.3 Å². The number of rotatable bonds is 11. The summed E-state index contributed by atoms with van der Waals surface area (Å²) in [7, 11) is 3.10. The molecule has 0 heterocycles. The van der Waals surface area contributed by atoms with Crippen LogP contribution >= 0.6 is 11.8 Å². The van der Waals surface area contributed by atoms with Gasteiger partial charge in [-0.1, -0.05) is 36.0 Å². The minimum atomic E-state index is -5.85. The summed E-state index contributed by atoms with van der Waals surface area (Å²) in [4.78, 5) is 21.0. The van der Waals surface area contributed by atoms with E-state index in [1.807, 2.05) is 6.92 Å². The average Bonchev–Trinajstić information content (AvgIpc) is 2.99. The molecule has 0 amide bonds. The van der Waals surface area contributed by atoms with Crippen molar-refractivity contribution in [3.8, 4) is 11.5 Å². The molecule has 238 valence electrons. The molecular weight excluding hydrogens is 623 g/mol. The average molecular weight is 651 g/mol. The fourth-order valence-electron chi connectivity index (χ4n) is 3.34. The van der Waals surface area contributed by atoms with Crippen molar-refractivity contribution in [2.45, 2.75) is 19.2 Å². The number of carboxylic acids is 1. The van der Waals surface area contributed by atoms with Gasteiger partial charge in [0.1, 0.15) is 11.5 Å². The molecular formula is C29H27F5N6O4S. The van der Waals surface area contributed by atoms with Crippen molar-refractivity contribution in [2.24, 2.45) is 15.1 Å². The number of carboxylic acid groups (broad SMARTS) is 1. The summed E-state index contributed by atoms with van der Waals surface area (Å²) in [5, 5.41) is 21.7. The van der Waals surface area contributed by atoms with Gasteiger partial charge in [0.15, 0.2) is 11.0 Å². The van der Waals surface area contributed by atoms with Gasteiger partial charge in [0.05, 0.1) is 31.1 Å². The number of hydrogen-bond acceptors (Lipinski definition) is 7. The molecule has 0 aliphatic heterocycles. The number of aliphatic carboxylic acids is 1. The summed E-state index contributed by atoms with van der Waals surface area (Å²) in [6, 6.07) is 16.3. The Morgan fingerprint density at radius 3 is 2.27 bits per heavy atom. The highest BCUT2D eigenvalue weighted by atomic mass is 32.2. The first kappa shape index (κ1) is 34.5. The van der Waals surface area contributed by atoms with Crippen LogP contribution in [0.25, 0.3) is 0 Å². The molecule has 3 N–H and O–H groups in total. The summed E-state index contributed by atoms with van der Waals surface area (Å²) in [5.74, 6) is -1.37. The van der Waals surface area contributed by atoms with Gasteiger partial charge in [0.25, 0.3) is 0 Å². The smallest absolute Gasteiger partial charge is 0.497 e. The monoisotopic (exact) mass is 650 g/mol. The van der Waals surface area contributed by atoms with Gasteiger partial charge in [0.2, 0.25) is 0 Å². The zero-order chi connectivity index (χ0) is 33.2. The second-order valence-electron chi connectivity index (χ2n) is 9.06. The zero-order valence-corrected chi connectivity index (χ0v) is 24.8. The summed E-state index contributed by atoms with van der Waals surface area (Å²) in [6.45, 7) is 1.84. The summed E-state index contributed by atoms with van der Waals surface area (Å²) in [6.07, 6.45) is -8.41. The van der Waals surface area contributed by atoms with E-state index in [2.05, 4.69) is 25.2 Å². The predicted octanol–water partition coefficient (Wildman–Crippen LogP) is 6.46. The normalized spacial score (nSPS) is 12.4. The minimum Gasteiger partial charge on any atom is -0.497 e. The number of thioether (sulfide) groups is 1. The van der Waals surface area contributed by atoms with E-state index < -0.39 is 24.0 Å². The molecule has 0 bridgehead atoms. The lowest BCUT2D eigenvalue weighted by atomic mass is 10.1. The number of anilines is 1. The molecule has 0 fully saturated rings. The molecule has 0 saturated carbocycles. The Balaban J connectivity index is 1.61. The molecule has 0 spiro atoms. The van der Waals surface area contributed by atoms with Crippen molar-refractivity contribution in [3.05, 3.63) is 83.4 Å². The number of methoxy groups -OCH3 is 1. The number of halogens is 5. The standard InChI is InChI=1S/C29H27F5N6O4S/c1-18-14-23(43-3)12-13-24(18)38-27(45-16-25(41)42)39-37-15-19-4-6-20(7-5-19)26(35)36-17-40(2)21-8-10-22(11-9-21)44-29(33,34)28(30,31)32/h4-15,17,35H,16H2,1-3H3,(H,38,39)(H,41,42)/b35-26?,36-17?,37-15-. The van der Waals surface area contributed by atoms with Crippen molar-refractivity contribution >= 4 is 52.7 Å². The summed E-state index contributed by atoms with van der Waals surface area (Å²) in [5.41, 5.74) is 5.68. The van der Waals surface area contributed by atoms with Crippen LogP contribution in [-0.4, -0.2) is 66.8 Å². The van der Waals surface area contributed by atoms with Crippen LogP contribution in [0.3, 0.4) is 0 Å². The number of amidine groups is 2. The quantitative estimate of drug-likeness (QED) is 0.0940. The third kappa shape index (κ3) is 10.3. The summed E-state index contributed by atoms with van der Waals surface area (Å²) < 4.78 is 72.1. The van der Waals surface area contributed by atoms with E-state index in [4.69, 9.17) is 15.3 Å². The number of alkyl halides is 5. The van der Waals surface area contributed by atoms with Crippen molar-refractivity contribution in [2.75, 3.05) is 24.8 Å². The molecule has 3 rings (SSSR count). The maximum atomic E-state index is 13.1. The first-order valence-corrected chi connectivity index (χ1v) is 13.7. The maximum absolute atomic E-state index is 13.1. The van der Waals surface area contributed by atoms with E-state index in [1.165, 1.54) is 29.6 Å². The number of benzene rings is 3. The summed E-state index contributed by atoms with van der Waals surface area (Å²) >= 11 is 0.963. The number of carbonyl (C=O) groups is 1. The molecule has 0 saturated heterocycles. The predicted molar refractivity (Wildman–Crippen MR) is 164 cm³/mol. The number of aryl methyl sites for hydroxylation is 1. The maximum Gasteiger partial charge on any atom is 0.499 e. The van der Waals surface area contributed by atoms with Gasteiger partial charge in [0, 0.05) is 18.3 Å². The minimum absolute atomic E-state index is 0.109. The van der Waals surface area contributed by atoms with Crippen LogP contribution in [0.2, 0.25) is 0 Å². The molecule has 3 aromatic rings. The van der Waals surface area contributed by atoms with Gasteiger partial charge in [-0.15, -0.1) is 0 Å². The van der Waals surface area contributed by atoms with E-state index in [9.17, 15) is 26.7 Å². The third-order valence-electron chi connectivity index (χ3n) is 5.70. The fourth-order valence-corrected chi connectivity index (χ4v) is 3.88. The van der Waals surface area contributed by atoms with E-state index in [-0.39, 0.29) is 16.8 Å². The highest BCUT2D eigenvalue weighted by Gasteiger charge is 2.61. The Hall–Kier alpha value is -4.99. The van der Waals surface area contributed by atoms with Crippen LogP contribution in [-0.2, 0) is 4.79 Å². The van der Waals surface area contributed by atoms with Crippen LogP contribution in [0.5, 0.6) is 11.5 Å². The zero-order valence-electron chi connectivity index (χ0n) is 24.0. The first-order valence-electron chi connectivity index (χ1n) is 12.7. The second-order valence-corrected chi connectivity index (χ2v) is 10.0. The lowest BCUT2D eigenvalue weighted by Crippen LogP contribution is -2.41. The Kier molecular flexibility index (Phi) is 11.6. The molecule has 0 aliphatic carbocycles. The Labute approximate surface area is 258 Å². The number of aliphatic imine (C=N–C) groups is 2.